The fourth-order valence-electron chi connectivity index (χ4n) is 1.98. The second-order valence-electron chi connectivity index (χ2n) is 4.37. The van der Waals surface area contributed by atoms with Gasteiger partial charge in [-0.05, 0) is 57.2 Å². The van der Waals surface area contributed by atoms with Crippen LogP contribution in [0.15, 0.2) is 51.8 Å². The highest BCUT2D eigenvalue weighted by molar-refractivity contribution is 9.10. The molecule has 5 heteroatoms. The Balaban J connectivity index is 1.92. The third-order valence-electron chi connectivity index (χ3n) is 2.99. The Labute approximate surface area is 134 Å². The molecule has 0 atom stereocenters. The summed E-state index contributed by atoms with van der Waals surface area (Å²) >= 11 is 4.97. The standard InChI is InChI=1S/C16H11BrO3S/c1-19-13-5-4-10(8-12(13)17)7-11-9-14(20-16(11)18)15-3-2-6-21-15/h2-9H,1H3/b11-7+. The number of ether oxygens (including phenoxy) is 2. The van der Waals surface area contributed by atoms with Crippen LogP contribution in [0.25, 0.3) is 11.8 Å². The van der Waals surface area contributed by atoms with Gasteiger partial charge < -0.3 is 9.47 Å². The molecule has 21 heavy (non-hydrogen) atoms. The molecule has 3 nitrogen and oxygen atoms in total. The minimum Gasteiger partial charge on any atom is -0.496 e. The Morgan fingerprint density at radius 1 is 1.33 bits per heavy atom. The lowest BCUT2D eigenvalue weighted by atomic mass is 10.1. The number of esters is 1. The van der Waals surface area contributed by atoms with Crippen LogP contribution < -0.4 is 4.74 Å². The van der Waals surface area contributed by atoms with Gasteiger partial charge in [-0.15, -0.1) is 11.3 Å². The van der Waals surface area contributed by atoms with Crippen molar-refractivity contribution in [2.45, 2.75) is 0 Å². The average molecular weight is 363 g/mol. The van der Waals surface area contributed by atoms with Crippen molar-refractivity contribution >= 4 is 45.1 Å². The Morgan fingerprint density at radius 2 is 2.19 bits per heavy atom. The highest BCUT2D eigenvalue weighted by Gasteiger charge is 2.22. The number of cyclic esters (lactones) is 1. The third kappa shape index (κ3) is 2.94. The van der Waals surface area contributed by atoms with E-state index in [1.165, 1.54) is 0 Å². The molecule has 0 bridgehead atoms. The van der Waals surface area contributed by atoms with E-state index in [1.54, 1.807) is 30.6 Å². The molecule has 0 spiro atoms. The number of halogens is 1. The van der Waals surface area contributed by atoms with Crippen LogP contribution in [0.3, 0.4) is 0 Å². The molecule has 2 aromatic rings. The van der Waals surface area contributed by atoms with E-state index < -0.39 is 0 Å². The SMILES string of the molecule is COc1ccc(/C=C2\C=C(c3cccs3)OC2=O)cc1Br. The van der Waals surface area contributed by atoms with E-state index in [0.29, 0.717) is 11.3 Å². The number of benzene rings is 1. The van der Waals surface area contributed by atoms with Crippen LogP contribution >= 0.6 is 27.3 Å². The number of hydrogen-bond acceptors (Lipinski definition) is 4. The molecule has 1 aliphatic rings. The minimum atomic E-state index is -0.328. The smallest absolute Gasteiger partial charge is 0.343 e. The van der Waals surface area contributed by atoms with Gasteiger partial charge in [0.05, 0.1) is 22.0 Å². The Morgan fingerprint density at radius 3 is 2.86 bits per heavy atom. The molecule has 0 N–H and O–H groups in total. The average Bonchev–Trinajstić information content (AvgIpc) is 3.10. The molecular weight excluding hydrogens is 352 g/mol. The summed E-state index contributed by atoms with van der Waals surface area (Å²) in [6, 6.07) is 9.49. The van der Waals surface area contributed by atoms with Crippen LogP contribution in [0.4, 0.5) is 0 Å². The Kier molecular flexibility index (Phi) is 3.94. The molecule has 2 heterocycles. The monoisotopic (exact) mass is 362 g/mol. The molecule has 1 aliphatic heterocycles. The van der Waals surface area contributed by atoms with Crippen LogP contribution in [0.1, 0.15) is 10.4 Å². The van der Waals surface area contributed by atoms with E-state index in [1.807, 2.05) is 35.7 Å². The van der Waals surface area contributed by atoms with Gasteiger partial charge in [0, 0.05) is 0 Å². The highest BCUT2D eigenvalue weighted by atomic mass is 79.9. The molecule has 0 saturated carbocycles. The summed E-state index contributed by atoms with van der Waals surface area (Å²) in [5.41, 5.74) is 1.44. The van der Waals surface area contributed by atoms with Crippen LogP contribution in [-0.2, 0) is 9.53 Å². The van der Waals surface area contributed by atoms with Gasteiger partial charge in [-0.1, -0.05) is 12.1 Å². The van der Waals surface area contributed by atoms with Gasteiger partial charge >= 0.3 is 5.97 Å². The maximum atomic E-state index is 11.9. The van der Waals surface area contributed by atoms with Gasteiger partial charge in [0.25, 0.3) is 0 Å². The number of carbonyl (C=O) groups excluding carboxylic acids is 1. The fraction of sp³-hybridized carbons (Fsp3) is 0.0625. The van der Waals surface area contributed by atoms with Crippen LogP contribution in [0, 0.1) is 0 Å². The molecule has 0 unspecified atom stereocenters. The van der Waals surface area contributed by atoms with E-state index in [0.717, 1.165) is 20.7 Å². The highest BCUT2D eigenvalue weighted by Crippen LogP contribution is 2.31. The van der Waals surface area contributed by atoms with Crippen molar-refractivity contribution in [3.05, 3.63) is 62.3 Å². The van der Waals surface area contributed by atoms with Crippen molar-refractivity contribution in [3.8, 4) is 5.75 Å². The third-order valence-corrected chi connectivity index (χ3v) is 4.49. The lowest BCUT2D eigenvalue weighted by Gasteiger charge is -2.03. The van der Waals surface area contributed by atoms with Crippen LogP contribution in [0.2, 0.25) is 0 Å². The number of methoxy groups -OCH3 is 1. The summed E-state index contributed by atoms with van der Waals surface area (Å²) < 4.78 is 11.3. The maximum absolute atomic E-state index is 11.9. The second kappa shape index (κ2) is 5.87. The molecule has 1 aromatic heterocycles. The predicted molar refractivity (Wildman–Crippen MR) is 87.1 cm³/mol. The summed E-state index contributed by atoms with van der Waals surface area (Å²) in [5.74, 6) is 1.03. The van der Waals surface area contributed by atoms with Crippen molar-refractivity contribution in [2.75, 3.05) is 7.11 Å². The lowest BCUT2D eigenvalue weighted by Crippen LogP contribution is -1.96. The zero-order valence-electron chi connectivity index (χ0n) is 11.1. The fourth-order valence-corrected chi connectivity index (χ4v) is 3.22. The largest absolute Gasteiger partial charge is 0.496 e. The first-order chi connectivity index (χ1) is 10.2. The summed E-state index contributed by atoms with van der Waals surface area (Å²) in [6.45, 7) is 0. The number of carbonyl (C=O) groups is 1. The molecule has 0 radical (unpaired) electrons. The molecule has 3 rings (SSSR count). The first-order valence-electron chi connectivity index (χ1n) is 6.20. The summed E-state index contributed by atoms with van der Waals surface area (Å²) in [7, 11) is 1.61. The van der Waals surface area contributed by atoms with E-state index in [4.69, 9.17) is 9.47 Å². The van der Waals surface area contributed by atoms with Crippen molar-refractivity contribution in [3.63, 3.8) is 0 Å². The summed E-state index contributed by atoms with van der Waals surface area (Å²) in [5, 5.41) is 1.95. The molecule has 1 aromatic carbocycles. The normalized spacial score (nSPS) is 16.0. The lowest BCUT2D eigenvalue weighted by molar-refractivity contribution is -0.130. The van der Waals surface area contributed by atoms with Crippen molar-refractivity contribution < 1.29 is 14.3 Å². The quantitative estimate of drug-likeness (QED) is 0.595. The van der Waals surface area contributed by atoms with Crippen LogP contribution in [-0.4, -0.2) is 13.1 Å². The van der Waals surface area contributed by atoms with Crippen molar-refractivity contribution in [1.29, 1.82) is 0 Å². The van der Waals surface area contributed by atoms with Crippen molar-refractivity contribution in [2.24, 2.45) is 0 Å². The van der Waals surface area contributed by atoms with Gasteiger partial charge in [0.2, 0.25) is 0 Å². The second-order valence-corrected chi connectivity index (χ2v) is 6.17. The molecule has 0 saturated heterocycles. The van der Waals surface area contributed by atoms with Gasteiger partial charge in [0.1, 0.15) is 11.5 Å². The van der Waals surface area contributed by atoms with E-state index >= 15 is 0 Å². The zero-order chi connectivity index (χ0) is 14.8. The van der Waals surface area contributed by atoms with Gasteiger partial charge in [-0.2, -0.15) is 0 Å². The van der Waals surface area contributed by atoms with Crippen LogP contribution in [0.5, 0.6) is 5.75 Å². The predicted octanol–water partition coefficient (Wildman–Crippen LogP) is 4.50. The minimum absolute atomic E-state index is 0.328. The maximum Gasteiger partial charge on any atom is 0.343 e. The number of hydrogen-bond donors (Lipinski definition) is 0. The first-order valence-corrected chi connectivity index (χ1v) is 7.87. The Bertz CT molecular complexity index is 745. The van der Waals surface area contributed by atoms with E-state index in [9.17, 15) is 4.79 Å². The van der Waals surface area contributed by atoms with Gasteiger partial charge in [-0.25, -0.2) is 4.79 Å². The first kappa shape index (κ1) is 14.1. The molecule has 0 amide bonds. The van der Waals surface area contributed by atoms with E-state index in [2.05, 4.69) is 15.9 Å². The topological polar surface area (TPSA) is 35.5 Å². The van der Waals surface area contributed by atoms with E-state index in [-0.39, 0.29) is 5.97 Å². The molecule has 0 aliphatic carbocycles. The summed E-state index contributed by atoms with van der Waals surface area (Å²) in [6.07, 6.45) is 3.57. The number of rotatable bonds is 3. The summed E-state index contributed by atoms with van der Waals surface area (Å²) in [4.78, 5) is 12.9. The number of thiophene rings is 1. The zero-order valence-corrected chi connectivity index (χ0v) is 13.5. The van der Waals surface area contributed by atoms with Crippen molar-refractivity contribution in [1.82, 2.24) is 0 Å². The van der Waals surface area contributed by atoms with Gasteiger partial charge in [-0.3, -0.25) is 0 Å². The molecule has 106 valence electrons. The molecule has 0 fully saturated rings. The Hall–Kier alpha value is -1.85. The van der Waals surface area contributed by atoms with Gasteiger partial charge in [0.15, 0.2) is 0 Å². The molecular formula is C16H11BrO3S.